The van der Waals surface area contributed by atoms with Crippen LogP contribution in [0.1, 0.15) is 47.4 Å². The van der Waals surface area contributed by atoms with Gasteiger partial charge in [0.1, 0.15) is 18.1 Å². The Morgan fingerprint density at radius 1 is 1.18 bits per heavy atom. The lowest BCUT2D eigenvalue weighted by Crippen LogP contribution is -2.31. The van der Waals surface area contributed by atoms with Crippen LogP contribution in [0.2, 0.25) is 0 Å². The molecule has 0 aliphatic carbocycles. The fourth-order valence-corrected chi connectivity index (χ4v) is 3.30. The Balaban J connectivity index is 1.93. The van der Waals surface area contributed by atoms with Crippen LogP contribution < -0.4 is 10.1 Å². The molecule has 0 radical (unpaired) electrons. The molecule has 0 spiro atoms. The number of nitrogens with zero attached hydrogens (tertiary/aromatic N) is 2. The second kappa shape index (κ2) is 10.7. The van der Waals surface area contributed by atoms with Gasteiger partial charge in [-0.2, -0.15) is 9.78 Å². The number of aromatic nitrogens is 2. The highest BCUT2D eigenvalue weighted by Crippen LogP contribution is 2.24. The summed E-state index contributed by atoms with van der Waals surface area (Å²) in [4.78, 5) is 24.4. The number of aliphatic hydroxyl groups is 1. The molecule has 1 amide bonds. The van der Waals surface area contributed by atoms with Crippen molar-refractivity contribution in [1.29, 1.82) is 0 Å². The summed E-state index contributed by atoms with van der Waals surface area (Å²) >= 11 is 0. The van der Waals surface area contributed by atoms with E-state index in [0.717, 1.165) is 10.2 Å². The molecule has 1 heterocycles. The van der Waals surface area contributed by atoms with Crippen molar-refractivity contribution in [3.05, 3.63) is 77.2 Å². The monoisotopic (exact) mass is 455 g/mol. The molecule has 174 valence electrons. The zero-order valence-electron chi connectivity index (χ0n) is 18.4. The molecule has 1 unspecified atom stereocenters. The van der Waals surface area contributed by atoms with Crippen molar-refractivity contribution < 1.29 is 28.9 Å². The van der Waals surface area contributed by atoms with Crippen LogP contribution in [0.5, 0.6) is 5.88 Å². The zero-order valence-corrected chi connectivity index (χ0v) is 18.4. The standard InChI is InChI=1S/C24H26FN3O5/c1-3-16(29)14-33-22-12-20(27-28(22)21-11-7-6-10-18(21)25)24(32)26-19(13-23(30)31)17-9-5-4-8-15(17)2/h4-12,16,19,29H,3,13-14H2,1-2H3,(H,26,32)(H,30,31)/t16?,19-/m0/s1. The number of nitrogens with one attached hydrogen (secondary N) is 1. The van der Waals surface area contributed by atoms with Gasteiger partial charge in [0.2, 0.25) is 5.88 Å². The van der Waals surface area contributed by atoms with Gasteiger partial charge in [0.25, 0.3) is 5.91 Å². The lowest BCUT2D eigenvalue weighted by Gasteiger charge is -2.18. The maximum atomic E-state index is 14.4. The van der Waals surface area contributed by atoms with Gasteiger partial charge >= 0.3 is 5.97 Å². The molecule has 0 saturated carbocycles. The molecule has 0 fully saturated rings. The smallest absolute Gasteiger partial charge is 0.305 e. The third kappa shape index (κ3) is 5.95. The topological polar surface area (TPSA) is 114 Å². The third-order valence-corrected chi connectivity index (χ3v) is 5.13. The van der Waals surface area contributed by atoms with Crippen LogP contribution in [0.25, 0.3) is 5.69 Å². The van der Waals surface area contributed by atoms with E-state index < -0.39 is 29.8 Å². The summed E-state index contributed by atoms with van der Waals surface area (Å²) in [7, 11) is 0. The summed E-state index contributed by atoms with van der Waals surface area (Å²) in [5, 5.41) is 26.1. The molecule has 3 aromatic rings. The minimum Gasteiger partial charge on any atom is -0.481 e. The second-order valence-corrected chi connectivity index (χ2v) is 7.58. The number of aliphatic hydroxyl groups excluding tert-OH is 1. The lowest BCUT2D eigenvalue weighted by atomic mass is 9.98. The Bertz CT molecular complexity index is 1130. The first-order valence-electron chi connectivity index (χ1n) is 10.5. The predicted molar refractivity (Wildman–Crippen MR) is 119 cm³/mol. The number of amides is 1. The highest BCUT2D eigenvalue weighted by molar-refractivity contribution is 5.93. The average molecular weight is 455 g/mol. The molecule has 9 heteroatoms. The van der Waals surface area contributed by atoms with Gasteiger partial charge in [0.15, 0.2) is 5.69 Å². The molecular formula is C24H26FN3O5. The Morgan fingerprint density at radius 3 is 2.55 bits per heavy atom. The van der Waals surface area contributed by atoms with Crippen molar-refractivity contribution in [2.75, 3.05) is 6.61 Å². The van der Waals surface area contributed by atoms with Gasteiger partial charge in [-0.25, -0.2) is 4.39 Å². The van der Waals surface area contributed by atoms with Crippen molar-refractivity contribution in [3.8, 4) is 11.6 Å². The van der Waals surface area contributed by atoms with Gasteiger partial charge < -0.3 is 20.3 Å². The van der Waals surface area contributed by atoms with Gasteiger partial charge in [-0.1, -0.05) is 43.3 Å². The molecule has 3 N–H and O–H groups in total. The summed E-state index contributed by atoms with van der Waals surface area (Å²) in [6.07, 6.45) is -0.613. The van der Waals surface area contributed by atoms with E-state index in [0.29, 0.717) is 12.0 Å². The number of aliphatic carboxylic acids is 1. The largest absolute Gasteiger partial charge is 0.481 e. The normalized spacial score (nSPS) is 12.7. The fourth-order valence-electron chi connectivity index (χ4n) is 3.30. The van der Waals surface area contributed by atoms with Crippen molar-refractivity contribution in [1.82, 2.24) is 15.1 Å². The van der Waals surface area contributed by atoms with Gasteiger partial charge in [0.05, 0.1) is 18.6 Å². The number of carboxylic acids is 1. The highest BCUT2D eigenvalue weighted by Gasteiger charge is 2.24. The maximum absolute atomic E-state index is 14.4. The molecule has 0 aliphatic heterocycles. The van der Waals surface area contributed by atoms with Crippen molar-refractivity contribution in [3.63, 3.8) is 0 Å². The number of halogens is 1. The van der Waals surface area contributed by atoms with Crippen LogP contribution in [0.15, 0.2) is 54.6 Å². The van der Waals surface area contributed by atoms with E-state index in [4.69, 9.17) is 4.74 Å². The van der Waals surface area contributed by atoms with Gasteiger partial charge in [0, 0.05) is 6.07 Å². The van der Waals surface area contributed by atoms with Gasteiger partial charge in [-0.05, 0) is 36.6 Å². The number of rotatable bonds is 10. The van der Waals surface area contributed by atoms with Crippen LogP contribution in [0.3, 0.4) is 0 Å². The summed E-state index contributed by atoms with van der Waals surface area (Å²) in [5.74, 6) is -2.21. The number of para-hydroxylation sites is 1. The van der Waals surface area contributed by atoms with Crippen LogP contribution in [-0.4, -0.2) is 44.6 Å². The fraction of sp³-hybridized carbons (Fsp3) is 0.292. The number of carboxylic acid groups (broad SMARTS) is 1. The summed E-state index contributed by atoms with van der Waals surface area (Å²) < 4.78 is 21.2. The molecule has 2 aromatic carbocycles. The third-order valence-electron chi connectivity index (χ3n) is 5.13. The van der Waals surface area contributed by atoms with E-state index in [9.17, 15) is 24.2 Å². The van der Waals surface area contributed by atoms with E-state index in [-0.39, 0.29) is 30.3 Å². The number of carbonyl (C=O) groups is 2. The predicted octanol–water partition coefficient (Wildman–Crippen LogP) is 3.42. The Labute approximate surface area is 190 Å². The quantitative estimate of drug-likeness (QED) is 0.432. The van der Waals surface area contributed by atoms with Crippen LogP contribution in [0.4, 0.5) is 4.39 Å². The van der Waals surface area contributed by atoms with E-state index in [1.54, 1.807) is 25.1 Å². The van der Waals surface area contributed by atoms with Gasteiger partial charge in [-0.3, -0.25) is 9.59 Å². The van der Waals surface area contributed by atoms with E-state index >= 15 is 0 Å². The van der Waals surface area contributed by atoms with Gasteiger partial charge in [-0.15, -0.1) is 0 Å². The van der Waals surface area contributed by atoms with Crippen LogP contribution in [0, 0.1) is 12.7 Å². The van der Waals surface area contributed by atoms with Crippen LogP contribution in [-0.2, 0) is 4.79 Å². The molecule has 0 saturated heterocycles. The Morgan fingerprint density at radius 2 is 1.88 bits per heavy atom. The Kier molecular flexibility index (Phi) is 7.78. The second-order valence-electron chi connectivity index (χ2n) is 7.58. The molecule has 8 nitrogen and oxygen atoms in total. The summed E-state index contributed by atoms with van der Waals surface area (Å²) in [6.45, 7) is 3.55. The molecule has 33 heavy (non-hydrogen) atoms. The number of ether oxygens (including phenoxy) is 1. The number of carbonyl (C=O) groups excluding carboxylic acids is 1. The van der Waals surface area contributed by atoms with Crippen molar-refractivity contribution >= 4 is 11.9 Å². The Hall–Kier alpha value is -3.72. The SMILES string of the molecule is CCC(O)COc1cc(C(=O)N[C@@H](CC(=O)O)c2ccccc2C)nn1-c1ccccc1F. The van der Waals surface area contributed by atoms with E-state index in [1.165, 1.54) is 24.3 Å². The van der Waals surface area contributed by atoms with Crippen molar-refractivity contribution in [2.24, 2.45) is 0 Å². The first-order valence-corrected chi connectivity index (χ1v) is 10.5. The van der Waals surface area contributed by atoms with E-state index in [1.807, 2.05) is 19.1 Å². The molecule has 0 aliphatic rings. The number of benzene rings is 2. The zero-order chi connectivity index (χ0) is 24.0. The average Bonchev–Trinajstić information content (AvgIpc) is 3.21. The summed E-state index contributed by atoms with van der Waals surface area (Å²) in [6, 6.07) is 13.6. The number of hydrogen-bond acceptors (Lipinski definition) is 5. The number of hydrogen-bond donors (Lipinski definition) is 3. The molecule has 0 bridgehead atoms. The first-order chi connectivity index (χ1) is 15.8. The first kappa shape index (κ1) is 23.9. The van der Waals surface area contributed by atoms with Crippen LogP contribution >= 0.6 is 0 Å². The maximum Gasteiger partial charge on any atom is 0.305 e. The lowest BCUT2D eigenvalue weighted by molar-refractivity contribution is -0.137. The molecule has 1 aromatic heterocycles. The molecule has 2 atom stereocenters. The highest BCUT2D eigenvalue weighted by atomic mass is 19.1. The minimum atomic E-state index is -1.07. The minimum absolute atomic E-state index is 0.0669. The number of aryl methyl sites for hydroxylation is 1. The molecular weight excluding hydrogens is 429 g/mol. The molecule has 3 rings (SSSR count). The summed E-state index contributed by atoms with van der Waals surface area (Å²) in [5.41, 5.74) is 1.49. The van der Waals surface area contributed by atoms with E-state index in [2.05, 4.69) is 10.4 Å². The van der Waals surface area contributed by atoms with Crippen molar-refractivity contribution in [2.45, 2.75) is 38.8 Å².